The van der Waals surface area contributed by atoms with Crippen molar-refractivity contribution in [2.24, 2.45) is 14.1 Å². The molecule has 4 heterocycles. The number of carbonyl (C=O) groups excluding carboxylic acids is 4. The summed E-state index contributed by atoms with van der Waals surface area (Å²) in [5.41, 5.74) is 5.18. The average molecular weight is 913 g/mol. The number of urea groups is 2. The van der Waals surface area contributed by atoms with Crippen molar-refractivity contribution >= 4 is 81.6 Å². The van der Waals surface area contributed by atoms with Gasteiger partial charge in [0.1, 0.15) is 12.1 Å². The van der Waals surface area contributed by atoms with Crippen LogP contribution in [0.3, 0.4) is 0 Å². The van der Waals surface area contributed by atoms with E-state index in [1.165, 1.54) is 23.4 Å². The van der Waals surface area contributed by atoms with Crippen molar-refractivity contribution in [3.8, 4) is 11.4 Å². The number of hydrogen-bond donors (Lipinski definition) is 6. The molecule has 4 aromatic heterocycles. The molecule has 0 bridgehead atoms. The molecule has 6 amide bonds. The summed E-state index contributed by atoms with van der Waals surface area (Å²) < 4.78 is 6.30. The molecule has 0 spiro atoms. The van der Waals surface area contributed by atoms with E-state index in [-0.39, 0.29) is 17.8 Å². The SMILES string of the molecule is Cn1cnc(NC(=O)c2cccc(-n3cc(NC(=O)Nc4ccccc4Cl)cn3)c2)n1.Cn1nc(C2CC2)cc1NC(=O)c1cccc(-n2cc(NC(=O)Nc3ccccc3Cl)cn2)c1. The van der Waals surface area contributed by atoms with Crippen molar-refractivity contribution in [3.05, 3.63) is 161 Å². The first kappa shape index (κ1) is 43.4. The van der Waals surface area contributed by atoms with E-state index < -0.39 is 12.1 Å². The van der Waals surface area contributed by atoms with Gasteiger partial charge in [-0.05, 0) is 73.5 Å². The normalized spacial score (nSPS) is 11.8. The molecule has 328 valence electrons. The first-order chi connectivity index (χ1) is 31.4. The zero-order valence-corrected chi connectivity index (χ0v) is 36.1. The van der Waals surface area contributed by atoms with Crippen molar-refractivity contribution in [1.82, 2.24) is 44.1 Å². The molecule has 21 heteroatoms. The lowest BCUT2D eigenvalue weighted by molar-refractivity contribution is 0.101. The van der Waals surface area contributed by atoms with Gasteiger partial charge in [-0.2, -0.15) is 15.3 Å². The molecule has 4 aromatic carbocycles. The Hall–Kier alpha value is -8.29. The summed E-state index contributed by atoms with van der Waals surface area (Å²) in [6.45, 7) is 0. The van der Waals surface area contributed by atoms with E-state index in [2.05, 4.69) is 57.3 Å². The van der Waals surface area contributed by atoms with Crippen LogP contribution in [0.25, 0.3) is 11.4 Å². The quantitative estimate of drug-likeness (QED) is 0.0730. The predicted octanol–water partition coefficient (Wildman–Crippen LogP) is 8.58. The molecule has 1 saturated carbocycles. The summed E-state index contributed by atoms with van der Waals surface area (Å²) in [6.07, 6.45) is 10.1. The van der Waals surface area contributed by atoms with E-state index in [0.717, 1.165) is 18.5 Å². The maximum atomic E-state index is 12.8. The van der Waals surface area contributed by atoms with Crippen LogP contribution in [-0.4, -0.2) is 68.0 Å². The molecule has 1 aliphatic carbocycles. The lowest BCUT2D eigenvalue weighted by atomic mass is 10.2. The summed E-state index contributed by atoms with van der Waals surface area (Å²) in [4.78, 5) is 53.8. The van der Waals surface area contributed by atoms with Crippen LogP contribution in [0.1, 0.15) is 45.2 Å². The number of anilines is 6. The maximum Gasteiger partial charge on any atom is 0.323 e. The smallest absolute Gasteiger partial charge is 0.307 e. The lowest BCUT2D eigenvalue weighted by Gasteiger charge is -2.08. The summed E-state index contributed by atoms with van der Waals surface area (Å²) >= 11 is 12.1. The number of para-hydroxylation sites is 2. The van der Waals surface area contributed by atoms with Crippen molar-refractivity contribution in [2.45, 2.75) is 18.8 Å². The van der Waals surface area contributed by atoms with Gasteiger partial charge in [0.25, 0.3) is 11.8 Å². The number of benzene rings is 4. The Morgan fingerprint density at radius 3 is 1.62 bits per heavy atom. The second-order valence-corrected chi connectivity index (χ2v) is 15.4. The second-order valence-electron chi connectivity index (χ2n) is 14.6. The lowest BCUT2D eigenvalue weighted by Crippen LogP contribution is -2.19. The molecule has 6 N–H and O–H groups in total. The molecule has 0 radical (unpaired) electrons. The summed E-state index contributed by atoms with van der Waals surface area (Å²) in [5, 5.41) is 34.2. The average Bonchev–Trinajstić information content (AvgIpc) is 3.54. The van der Waals surface area contributed by atoms with Gasteiger partial charge in [-0.1, -0.05) is 59.6 Å². The van der Waals surface area contributed by atoms with E-state index in [9.17, 15) is 19.2 Å². The molecule has 0 saturated heterocycles. The zero-order chi connectivity index (χ0) is 45.5. The monoisotopic (exact) mass is 911 g/mol. The van der Waals surface area contributed by atoms with Gasteiger partial charge in [0, 0.05) is 37.2 Å². The third-order valence-corrected chi connectivity index (χ3v) is 10.3. The molecule has 0 aliphatic heterocycles. The van der Waals surface area contributed by atoms with Crippen molar-refractivity contribution in [2.75, 3.05) is 31.9 Å². The number of nitrogens with zero attached hydrogens (tertiary/aromatic N) is 9. The first-order valence-electron chi connectivity index (χ1n) is 19.9. The van der Waals surface area contributed by atoms with E-state index >= 15 is 0 Å². The zero-order valence-electron chi connectivity index (χ0n) is 34.6. The maximum absolute atomic E-state index is 12.8. The molecular formula is C44H39Cl2N15O4. The molecule has 19 nitrogen and oxygen atoms in total. The van der Waals surface area contributed by atoms with Crippen LogP contribution in [0.5, 0.6) is 0 Å². The predicted molar refractivity (Wildman–Crippen MR) is 247 cm³/mol. The minimum absolute atomic E-state index is 0.216. The number of carbonyl (C=O) groups is 4. The van der Waals surface area contributed by atoms with Crippen LogP contribution < -0.4 is 31.9 Å². The molecule has 9 rings (SSSR count). The topological polar surface area (TPSA) is 225 Å². The number of aromatic nitrogens is 9. The number of halogens is 2. The molecule has 0 atom stereocenters. The van der Waals surface area contributed by atoms with Crippen LogP contribution in [0.4, 0.5) is 44.1 Å². The largest absolute Gasteiger partial charge is 0.323 e. The minimum Gasteiger partial charge on any atom is -0.307 e. The number of amides is 6. The molecule has 8 aromatic rings. The number of nitrogens with one attached hydrogen (secondary N) is 6. The van der Waals surface area contributed by atoms with Crippen LogP contribution >= 0.6 is 23.2 Å². The van der Waals surface area contributed by atoms with Gasteiger partial charge in [0.05, 0.1) is 74.7 Å². The highest BCUT2D eigenvalue weighted by Crippen LogP contribution is 2.40. The van der Waals surface area contributed by atoms with Gasteiger partial charge in [-0.15, -0.1) is 5.10 Å². The highest BCUT2D eigenvalue weighted by atomic mass is 35.5. The van der Waals surface area contributed by atoms with Gasteiger partial charge in [-0.3, -0.25) is 24.3 Å². The highest BCUT2D eigenvalue weighted by Gasteiger charge is 2.27. The Morgan fingerprint density at radius 1 is 0.600 bits per heavy atom. The van der Waals surface area contributed by atoms with Crippen LogP contribution in [0.2, 0.25) is 10.0 Å². The fourth-order valence-electron chi connectivity index (χ4n) is 6.27. The molecule has 0 unspecified atom stereocenters. The van der Waals surface area contributed by atoms with Crippen molar-refractivity contribution < 1.29 is 19.2 Å². The standard InChI is InChI=1S/C24H22ClN7O2.C20H17ClN8O2/c1-31-22(12-21(30-31)15-9-10-15)29-23(33)16-5-4-6-18(11-16)32-14-17(13-26-32)27-24(34)28-20-8-3-2-7-19(20)25;1-28-12-22-19(27-28)26-18(30)13-5-4-6-15(9-13)29-11-14(10-23-29)24-20(31)25-17-8-3-2-7-16(17)21/h2-8,11-15H,9-10H2,1H3,(H,29,33)(H2,27,28,34);2-12H,1H3,(H2,24,25,31)(H,26,27,30). The fourth-order valence-corrected chi connectivity index (χ4v) is 6.64. The Kier molecular flexibility index (Phi) is 12.9. The Bertz CT molecular complexity index is 3030. The van der Waals surface area contributed by atoms with E-state index in [1.54, 1.807) is 124 Å². The summed E-state index contributed by atoms with van der Waals surface area (Å²) in [6, 6.07) is 28.8. The van der Waals surface area contributed by atoms with Gasteiger partial charge in [0.15, 0.2) is 0 Å². The summed E-state index contributed by atoms with van der Waals surface area (Å²) in [7, 11) is 3.53. The van der Waals surface area contributed by atoms with Gasteiger partial charge in [0.2, 0.25) is 5.95 Å². The number of aryl methyl sites for hydroxylation is 2. The van der Waals surface area contributed by atoms with Gasteiger partial charge in [-0.25, -0.2) is 23.9 Å². The van der Waals surface area contributed by atoms with Crippen LogP contribution in [-0.2, 0) is 14.1 Å². The van der Waals surface area contributed by atoms with Crippen molar-refractivity contribution in [1.29, 1.82) is 0 Å². The minimum atomic E-state index is -0.455. The van der Waals surface area contributed by atoms with Crippen LogP contribution in [0, 0.1) is 0 Å². The Labute approximate surface area is 380 Å². The van der Waals surface area contributed by atoms with E-state index in [4.69, 9.17) is 23.2 Å². The summed E-state index contributed by atoms with van der Waals surface area (Å²) in [5.74, 6) is 0.796. The Morgan fingerprint density at radius 2 is 1.12 bits per heavy atom. The van der Waals surface area contributed by atoms with E-state index in [0.29, 0.717) is 67.0 Å². The van der Waals surface area contributed by atoms with E-state index in [1.807, 2.05) is 19.2 Å². The van der Waals surface area contributed by atoms with Gasteiger partial charge < -0.3 is 26.6 Å². The number of rotatable bonds is 11. The second kappa shape index (κ2) is 19.4. The third kappa shape index (κ3) is 11.2. The third-order valence-electron chi connectivity index (χ3n) is 9.63. The first-order valence-corrected chi connectivity index (χ1v) is 20.7. The van der Waals surface area contributed by atoms with Crippen molar-refractivity contribution in [3.63, 3.8) is 0 Å². The molecular weight excluding hydrogens is 873 g/mol. The van der Waals surface area contributed by atoms with Crippen LogP contribution in [0.15, 0.2) is 134 Å². The fraction of sp³-hybridized carbons (Fsp3) is 0.114. The molecule has 65 heavy (non-hydrogen) atoms. The molecule has 1 aliphatic rings. The number of hydrogen-bond acceptors (Lipinski definition) is 9. The highest BCUT2D eigenvalue weighted by molar-refractivity contribution is 6.34. The molecule has 1 fully saturated rings. The Balaban J connectivity index is 0.000000178. The van der Waals surface area contributed by atoms with Gasteiger partial charge >= 0.3 is 12.1 Å².